The number of halogens is 1. The van der Waals surface area contributed by atoms with Gasteiger partial charge >= 0.3 is 0 Å². The third kappa shape index (κ3) is 4.97. The molecule has 0 atom stereocenters. The minimum Gasteiger partial charge on any atom is -0.459 e. The lowest BCUT2D eigenvalue weighted by atomic mass is 10.1. The van der Waals surface area contributed by atoms with Crippen LogP contribution in [0.25, 0.3) is 11.0 Å². The van der Waals surface area contributed by atoms with E-state index in [1.165, 1.54) is 5.56 Å². The zero-order valence-electron chi connectivity index (χ0n) is 14.5. The minimum atomic E-state index is 0. The minimum absolute atomic E-state index is 0. The number of guanidine groups is 1. The fraction of sp³-hybridized carbons (Fsp3) is 0.333. The molecule has 6 nitrogen and oxygen atoms in total. The number of nitrogens with one attached hydrogen (secondary N) is 2. The second-order valence-electron chi connectivity index (χ2n) is 5.65. The predicted molar refractivity (Wildman–Crippen MR) is 111 cm³/mol. The van der Waals surface area contributed by atoms with Crippen LogP contribution in [-0.4, -0.2) is 29.1 Å². The highest BCUT2D eigenvalue weighted by atomic mass is 127. The van der Waals surface area contributed by atoms with E-state index in [4.69, 9.17) is 4.42 Å². The van der Waals surface area contributed by atoms with Gasteiger partial charge in [0.15, 0.2) is 5.96 Å². The van der Waals surface area contributed by atoms with Crippen molar-refractivity contribution in [3.63, 3.8) is 0 Å². The summed E-state index contributed by atoms with van der Waals surface area (Å²) >= 11 is 0. The third-order valence-electron chi connectivity index (χ3n) is 4.03. The summed E-state index contributed by atoms with van der Waals surface area (Å²) in [5, 5.41) is 7.79. The van der Waals surface area contributed by atoms with Crippen LogP contribution in [0.3, 0.4) is 0 Å². The van der Waals surface area contributed by atoms with E-state index in [0.717, 1.165) is 42.2 Å². The van der Waals surface area contributed by atoms with Gasteiger partial charge < -0.3 is 19.6 Å². The van der Waals surface area contributed by atoms with E-state index >= 15 is 0 Å². The third-order valence-corrected chi connectivity index (χ3v) is 4.03. The van der Waals surface area contributed by atoms with Gasteiger partial charge in [-0.3, -0.25) is 4.99 Å². The highest BCUT2D eigenvalue weighted by molar-refractivity contribution is 14.0. The Morgan fingerprint density at radius 3 is 2.84 bits per heavy atom. The number of para-hydroxylation sites is 1. The zero-order chi connectivity index (χ0) is 16.8. The normalized spacial score (nSPS) is 11.4. The van der Waals surface area contributed by atoms with E-state index in [2.05, 4.69) is 38.2 Å². The molecular formula is C18H24IN5O. The monoisotopic (exact) mass is 453 g/mol. The molecular weight excluding hydrogens is 429 g/mol. The van der Waals surface area contributed by atoms with Crippen molar-refractivity contribution in [2.75, 3.05) is 13.6 Å². The summed E-state index contributed by atoms with van der Waals surface area (Å²) in [5.74, 6) is 1.72. The fourth-order valence-electron chi connectivity index (χ4n) is 2.67. The van der Waals surface area contributed by atoms with Gasteiger partial charge in [-0.15, -0.1) is 24.0 Å². The standard InChI is InChI=1S/C18H23N5O.HI/c1-14-15-6-3-4-7-16(15)24-17(14)12-22-18(19-2)21-8-5-10-23-11-9-20-13-23;/h3-4,6-7,9,11,13H,5,8,10,12H2,1-2H3,(H2,19,21,22);1H. The summed E-state index contributed by atoms with van der Waals surface area (Å²) in [6.45, 7) is 4.48. The molecule has 25 heavy (non-hydrogen) atoms. The van der Waals surface area contributed by atoms with E-state index in [1.807, 2.05) is 30.7 Å². The second-order valence-corrected chi connectivity index (χ2v) is 5.65. The van der Waals surface area contributed by atoms with Gasteiger partial charge in [0.25, 0.3) is 0 Å². The SMILES string of the molecule is CN=C(NCCCn1ccnc1)NCc1oc2ccccc2c1C.I. The topological polar surface area (TPSA) is 67.4 Å². The fourth-order valence-corrected chi connectivity index (χ4v) is 2.67. The molecule has 0 aliphatic heterocycles. The molecule has 0 amide bonds. The molecule has 2 N–H and O–H groups in total. The van der Waals surface area contributed by atoms with Crippen LogP contribution in [0.2, 0.25) is 0 Å². The average Bonchev–Trinajstić information content (AvgIpc) is 3.23. The number of aliphatic imine (C=N–C) groups is 1. The molecule has 0 saturated carbocycles. The number of hydrogen-bond acceptors (Lipinski definition) is 3. The lowest BCUT2D eigenvalue weighted by Gasteiger charge is -2.11. The number of hydrogen-bond donors (Lipinski definition) is 2. The Hall–Kier alpha value is -2.03. The molecule has 0 unspecified atom stereocenters. The Labute approximate surface area is 164 Å². The van der Waals surface area contributed by atoms with Crippen LogP contribution in [-0.2, 0) is 13.1 Å². The lowest BCUT2D eigenvalue weighted by Crippen LogP contribution is -2.37. The molecule has 0 fully saturated rings. The van der Waals surface area contributed by atoms with Crippen LogP contribution in [0.1, 0.15) is 17.7 Å². The van der Waals surface area contributed by atoms with Crippen molar-refractivity contribution in [1.82, 2.24) is 20.2 Å². The highest BCUT2D eigenvalue weighted by Crippen LogP contribution is 2.24. The average molecular weight is 453 g/mol. The number of furan rings is 1. The zero-order valence-corrected chi connectivity index (χ0v) is 16.9. The first kappa shape index (κ1) is 19.3. The molecule has 0 bridgehead atoms. The molecule has 1 aromatic carbocycles. The Morgan fingerprint density at radius 1 is 1.28 bits per heavy atom. The van der Waals surface area contributed by atoms with E-state index in [1.54, 1.807) is 13.2 Å². The van der Waals surface area contributed by atoms with Crippen LogP contribution in [0.4, 0.5) is 0 Å². The van der Waals surface area contributed by atoms with Gasteiger partial charge in [-0.2, -0.15) is 0 Å². The van der Waals surface area contributed by atoms with Crippen molar-refractivity contribution in [3.8, 4) is 0 Å². The quantitative estimate of drug-likeness (QED) is 0.260. The number of aromatic nitrogens is 2. The summed E-state index contributed by atoms with van der Waals surface area (Å²) in [6, 6.07) is 8.10. The van der Waals surface area contributed by atoms with Gasteiger partial charge in [-0.05, 0) is 19.4 Å². The van der Waals surface area contributed by atoms with Gasteiger partial charge in [-0.25, -0.2) is 4.98 Å². The van der Waals surface area contributed by atoms with Crippen molar-refractivity contribution in [3.05, 3.63) is 54.3 Å². The van der Waals surface area contributed by atoms with Crippen molar-refractivity contribution in [1.29, 1.82) is 0 Å². The van der Waals surface area contributed by atoms with E-state index < -0.39 is 0 Å². The molecule has 134 valence electrons. The van der Waals surface area contributed by atoms with Crippen LogP contribution in [0.5, 0.6) is 0 Å². The number of benzene rings is 1. The maximum atomic E-state index is 5.91. The molecule has 0 aliphatic rings. The Morgan fingerprint density at radius 2 is 2.12 bits per heavy atom. The predicted octanol–water partition coefficient (Wildman–Crippen LogP) is 3.31. The molecule has 0 saturated heterocycles. The van der Waals surface area contributed by atoms with E-state index in [9.17, 15) is 0 Å². The van der Waals surface area contributed by atoms with Gasteiger partial charge in [0.2, 0.25) is 0 Å². The van der Waals surface area contributed by atoms with Crippen LogP contribution < -0.4 is 10.6 Å². The van der Waals surface area contributed by atoms with Gasteiger partial charge in [0.1, 0.15) is 11.3 Å². The van der Waals surface area contributed by atoms with Crippen LogP contribution >= 0.6 is 24.0 Å². The van der Waals surface area contributed by atoms with E-state index in [0.29, 0.717) is 6.54 Å². The van der Waals surface area contributed by atoms with Gasteiger partial charge in [0, 0.05) is 43.5 Å². The van der Waals surface area contributed by atoms with Gasteiger partial charge in [0.05, 0.1) is 12.9 Å². The molecule has 0 aliphatic carbocycles. The maximum absolute atomic E-state index is 5.91. The van der Waals surface area contributed by atoms with Crippen LogP contribution in [0, 0.1) is 6.92 Å². The number of rotatable bonds is 6. The first-order chi connectivity index (χ1) is 11.8. The summed E-state index contributed by atoms with van der Waals surface area (Å²) < 4.78 is 7.98. The van der Waals surface area contributed by atoms with Crippen molar-refractivity contribution in [2.24, 2.45) is 4.99 Å². The largest absolute Gasteiger partial charge is 0.459 e. The molecule has 3 aromatic rings. The lowest BCUT2D eigenvalue weighted by molar-refractivity contribution is 0.533. The highest BCUT2D eigenvalue weighted by Gasteiger charge is 2.10. The second kappa shape index (κ2) is 9.45. The van der Waals surface area contributed by atoms with Gasteiger partial charge in [-0.1, -0.05) is 18.2 Å². The first-order valence-electron chi connectivity index (χ1n) is 8.15. The summed E-state index contributed by atoms with van der Waals surface area (Å²) in [5.41, 5.74) is 2.10. The molecule has 7 heteroatoms. The molecule has 3 rings (SSSR count). The number of nitrogens with zero attached hydrogens (tertiary/aromatic N) is 3. The van der Waals surface area contributed by atoms with Crippen molar-refractivity contribution in [2.45, 2.75) is 26.4 Å². The van der Waals surface area contributed by atoms with Crippen molar-refractivity contribution < 1.29 is 4.42 Å². The maximum Gasteiger partial charge on any atom is 0.191 e. The Kier molecular flexibility index (Phi) is 7.30. The smallest absolute Gasteiger partial charge is 0.191 e. The van der Waals surface area contributed by atoms with Crippen LogP contribution in [0.15, 0.2) is 52.4 Å². The molecule has 2 aromatic heterocycles. The Bertz CT molecular complexity index is 810. The molecule has 0 spiro atoms. The Balaban J connectivity index is 0.00000225. The first-order valence-corrected chi connectivity index (χ1v) is 8.15. The summed E-state index contributed by atoms with van der Waals surface area (Å²) in [4.78, 5) is 8.29. The molecule has 2 heterocycles. The summed E-state index contributed by atoms with van der Waals surface area (Å²) in [6.07, 6.45) is 6.60. The molecule has 0 radical (unpaired) electrons. The van der Waals surface area contributed by atoms with E-state index in [-0.39, 0.29) is 24.0 Å². The number of imidazole rings is 1. The summed E-state index contributed by atoms with van der Waals surface area (Å²) in [7, 11) is 1.77. The number of fused-ring (bicyclic) bond motifs is 1. The number of aryl methyl sites for hydroxylation is 2. The van der Waals surface area contributed by atoms with Crippen molar-refractivity contribution >= 4 is 40.9 Å².